The molecule has 2 aromatic carbocycles. The molecule has 0 aliphatic rings. The Balaban J connectivity index is 2.12. The molecule has 0 aromatic heterocycles. The maximum absolute atomic E-state index is 5.95. The highest BCUT2D eigenvalue weighted by Crippen LogP contribution is 2.18. The molecule has 1 heteroatoms. The van der Waals surface area contributed by atoms with Gasteiger partial charge in [0.25, 0.3) is 0 Å². The quantitative estimate of drug-likeness (QED) is 0.700. The molecule has 0 saturated carbocycles. The molecule has 0 aliphatic heterocycles. The first-order valence-electron chi connectivity index (χ1n) is 5.92. The Bertz CT molecular complexity index is 553. The zero-order valence-electron chi connectivity index (χ0n) is 10.1. The zero-order chi connectivity index (χ0) is 12.8. The Hall–Kier alpha value is -1.79. The van der Waals surface area contributed by atoms with Crippen LogP contribution >= 0.6 is 11.6 Å². The van der Waals surface area contributed by atoms with Gasteiger partial charge in [-0.25, -0.2) is 0 Å². The maximum atomic E-state index is 5.95. The van der Waals surface area contributed by atoms with Crippen LogP contribution in [0, 0.1) is 0 Å². The number of benzene rings is 2. The lowest BCUT2D eigenvalue weighted by Crippen LogP contribution is -1.82. The van der Waals surface area contributed by atoms with Crippen LogP contribution in [0.3, 0.4) is 0 Å². The minimum absolute atomic E-state index is 0.741. The molecule has 0 heterocycles. The van der Waals surface area contributed by atoms with Gasteiger partial charge in [-0.15, -0.1) is 0 Å². The van der Waals surface area contributed by atoms with Crippen LogP contribution in [-0.2, 0) is 6.42 Å². The van der Waals surface area contributed by atoms with Gasteiger partial charge >= 0.3 is 0 Å². The van der Waals surface area contributed by atoms with Gasteiger partial charge in [-0.1, -0.05) is 72.8 Å². The molecule has 0 aliphatic carbocycles. The van der Waals surface area contributed by atoms with Crippen molar-refractivity contribution in [3.05, 3.63) is 82.9 Å². The molecular formula is C17H15Cl. The number of allylic oxidation sites excluding steroid dienone is 1. The van der Waals surface area contributed by atoms with Gasteiger partial charge in [-0.2, -0.15) is 0 Å². The van der Waals surface area contributed by atoms with E-state index in [0.29, 0.717) is 0 Å². The molecule has 0 saturated heterocycles. The Morgan fingerprint density at radius 1 is 1.00 bits per heavy atom. The second-order valence-electron chi connectivity index (χ2n) is 4.07. The molecule has 0 bridgehead atoms. The van der Waals surface area contributed by atoms with Crippen molar-refractivity contribution in [2.75, 3.05) is 0 Å². The van der Waals surface area contributed by atoms with Crippen LogP contribution in [0.1, 0.15) is 16.7 Å². The van der Waals surface area contributed by atoms with Crippen LogP contribution in [-0.4, -0.2) is 0 Å². The highest BCUT2D eigenvalue weighted by Gasteiger charge is 1.96. The van der Waals surface area contributed by atoms with Gasteiger partial charge in [0.2, 0.25) is 0 Å². The summed E-state index contributed by atoms with van der Waals surface area (Å²) in [5.41, 5.74) is 3.51. The van der Waals surface area contributed by atoms with Gasteiger partial charge in [0.15, 0.2) is 0 Å². The normalized spacial score (nSPS) is 10.7. The summed E-state index contributed by atoms with van der Waals surface area (Å²) in [6, 6.07) is 16.2. The number of halogens is 1. The largest absolute Gasteiger partial charge is 0.0984 e. The summed E-state index contributed by atoms with van der Waals surface area (Å²) in [6.45, 7) is 3.81. The highest BCUT2D eigenvalue weighted by molar-refractivity contribution is 6.30. The van der Waals surface area contributed by atoms with Crippen LogP contribution in [0.2, 0.25) is 5.02 Å². The smallest absolute Gasteiger partial charge is 0.0412 e. The molecule has 90 valence electrons. The van der Waals surface area contributed by atoms with Crippen LogP contribution in [0.5, 0.6) is 0 Å². The average molecular weight is 255 g/mol. The molecule has 0 fully saturated rings. The molecule has 0 amide bonds. The van der Waals surface area contributed by atoms with E-state index in [4.69, 9.17) is 11.6 Å². The lowest BCUT2D eigenvalue weighted by molar-refractivity contribution is 1.28. The van der Waals surface area contributed by atoms with Crippen molar-refractivity contribution in [3.63, 3.8) is 0 Å². The predicted molar refractivity (Wildman–Crippen MR) is 80.7 cm³/mol. The fourth-order valence-electron chi connectivity index (χ4n) is 1.81. The maximum Gasteiger partial charge on any atom is 0.0412 e. The zero-order valence-corrected chi connectivity index (χ0v) is 10.9. The molecule has 0 atom stereocenters. The third-order valence-electron chi connectivity index (χ3n) is 2.76. The Morgan fingerprint density at radius 3 is 2.50 bits per heavy atom. The third kappa shape index (κ3) is 3.35. The van der Waals surface area contributed by atoms with Gasteiger partial charge < -0.3 is 0 Å². The molecule has 0 N–H and O–H groups in total. The SMILES string of the molecule is C=Cc1cc(Cl)ccc1C=CCc1ccccc1. The molecule has 2 aromatic rings. The molecule has 0 spiro atoms. The fourth-order valence-corrected chi connectivity index (χ4v) is 1.99. The molecule has 0 radical (unpaired) electrons. The van der Waals surface area contributed by atoms with Gasteiger partial charge in [-0.05, 0) is 35.2 Å². The number of hydrogen-bond acceptors (Lipinski definition) is 0. The topological polar surface area (TPSA) is 0 Å². The van der Waals surface area contributed by atoms with E-state index in [1.165, 1.54) is 5.56 Å². The van der Waals surface area contributed by atoms with Crippen molar-refractivity contribution in [3.8, 4) is 0 Å². The van der Waals surface area contributed by atoms with E-state index in [9.17, 15) is 0 Å². The van der Waals surface area contributed by atoms with Crippen LogP contribution in [0.4, 0.5) is 0 Å². The first kappa shape index (κ1) is 12.7. The van der Waals surface area contributed by atoms with E-state index in [1.807, 2.05) is 30.3 Å². The van der Waals surface area contributed by atoms with Gasteiger partial charge in [0.1, 0.15) is 0 Å². The Kier molecular flexibility index (Phi) is 4.38. The highest BCUT2D eigenvalue weighted by atomic mass is 35.5. The summed E-state index contributed by atoms with van der Waals surface area (Å²) in [5, 5.41) is 0.741. The lowest BCUT2D eigenvalue weighted by Gasteiger charge is -2.01. The summed E-state index contributed by atoms with van der Waals surface area (Å²) in [6.07, 6.45) is 7.03. The molecular weight excluding hydrogens is 240 g/mol. The summed E-state index contributed by atoms with van der Waals surface area (Å²) < 4.78 is 0. The summed E-state index contributed by atoms with van der Waals surface area (Å²) in [7, 11) is 0. The third-order valence-corrected chi connectivity index (χ3v) is 3.00. The Morgan fingerprint density at radius 2 is 1.78 bits per heavy atom. The predicted octanol–water partition coefficient (Wildman–Crippen LogP) is 5.24. The van der Waals surface area contributed by atoms with E-state index in [1.54, 1.807) is 0 Å². The second-order valence-corrected chi connectivity index (χ2v) is 4.51. The van der Waals surface area contributed by atoms with Crippen molar-refractivity contribution in [2.24, 2.45) is 0 Å². The van der Waals surface area contributed by atoms with Crippen molar-refractivity contribution >= 4 is 23.8 Å². The van der Waals surface area contributed by atoms with Gasteiger partial charge in [-0.3, -0.25) is 0 Å². The van der Waals surface area contributed by atoms with Crippen LogP contribution < -0.4 is 0 Å². The van der Waals surface area contributed by atoms with Crippen molar-refractivity contribution in [1.82, 2.24) is 0 Å². The van der Waals surface area contributed by atoms with Crippen molar-refractivity contribution < 1.29 is 0 Å². The average Bonchev–Trinajstić information content (AvgIpc) is 2.41. The molecule has 18 heavy (non-hydrogen) atoms. The first-order valence-corrected chi connectivity index (χ1v) is 6.30. The van der Waals surface area contributed by atoms with Crippen molar-refractivity contribution in [2.45, 2.75) is 6.42 Å². The van der Waals surface area contributed by atoms with Crippen molar-refractivity contribution in [1.29, 1.82) is 0 Å². The number of rotatable bonds is 4. The van der Waals surface area contributed by atoms with E-state index >= 15 is 0 Å². The minimum Gasteiger partial charge on any atom is -0.0984 e. The number of hydrogen-bond donors (Lipinski definition) is 0. The van der Waals surface area contributed by atoms with Crippen LogP contribution in [0.25, 0.3) is 12.2 Å². The molecule has 0 nitrogen and oxygen atoms in total. The Labute approximate surface area is 113 Å². The molecule has 0 unspecified atom stereocenters. The van der Waals surface area contributed by atoms with E-state index in [0.717, 1.165) is 22.6 Å². The fraction of sp³-hybridized carbons (Fsp3) is 0.0588. The lowest BCUT2D eigenvalue weighted by atomic mass is 10.1. The monoisotopic (exact) mass is 254 g/mol. The van der Waals surface area contributed by atoms with Crippen LogP contribution in [0.15, 0.2) is 61.2 Å². The standard InChI is InChI=1S/C17H15Cl/c1-2-15-13-17(18)12-11-16(15)10-6-9-14-7-4-3-5-8-14/h2-8,10-13H,1,9H2. The second kappa shape index (κ2) is 6.23. The summed E-state index contributed by atoms with van der Waals surface area (Å²) in [5.74, 6) is 0. The summed E-state index contributed by atoms with van der Waals surface area (Å²) in [4.78, 5) is 0. The van der Waals surface area contributed by atoms with Gasteiger partial charge in [0, 0.05) is 5.02 Å². The van der Waals surface area contributed by atoms with E-state index in [-0.39, 0.29) is 0 Å². The first-order chi connectivity index (χ1) is 8.79. The minimum atomic E-state index is 0.741. The summed E-state index contributed by atoms with van der Waals surface area (Å²) >= 11 is 5.95. The van der Waals surface area contributed by atoms with E-state index < -0.39 is 0 Å². The molecule has 2 rings (SSSR count). The van der Waals surface area contributed by atoms with E-state index in [2.05, 4.69) is 43.0 Å². The van der Waals surface area contributed by atoms with Gasteiger partial charge in [0.05, 0.1) is 0 Å².